The maximum Gasteiger partial charge on any atom is 0.275 e. The van der Waals surface area contributed by atoms with E-state index in [9.17, 15) is 13.2 Å². The van der Waals surface area contributed by atoms with Crippen molar-refractivity contribution < 1.29 is 22.3 Å². The van der Waals surface area contributed by atoms with Crippen molar-refractivity contribution in [2.24, 2.45) is 5.92 Å². The van der Waals surface area contributed by atoms with Gasteiger partial charge in [-0.3, -0.25) is 9.69 Å². The van der Waals surface area contributed by atoms with E-state index in [2.05, 4.69) is 4.90 Å². The molecule has 2 atom stereocenters. The molecule has 4 aliphatic rings. The number of ether oxygens (including phenoxy) is 1. The van der Waals surface area contributed by atoms with Crippen LogP contribution in [-0.2, 0) is 14.8 Å². The maximum atomic E-state index is 15.7. The lowest BCUT2D eigenvalue weighted by atomic mass is 9.85. The normalized spacial score (nSPS) is 27.7. The van der Waals surface area contributed by atoms with Gasteiger partial charge in [0.15, 0.2) is 0 Å². The minimum Gasteiger partial charge on any atom is -0.489 e. The summed E-state index contributed by atoms with van der Waals surface area (Å²) in [6, 6.07) is 5.16. The molecule has 0 bridgehead atoms. The molecule has 1 aliphatic heterocycles. The number of nitrogens with zero attached hydrogens (tertiary/aromatic N) is 1. The number of hydrogen-bond donors (Lipinski definition) is 1. The summed E-state index contributed by atoms with van der Waals surface area (Å²) in [5, 5.41) is 0.472. The van der Waals surface area contributed by atoms with E-state index in [1.165, 1.54) is 6.08 Å². The lowest BCUT2D eigenvalue weighted by Gasteiger charge is -2.35. The molecule has 1 unspecified atom stereocenters. The fourth-order valence-corrected chi connectivity index (χ4v) is 6.69. The van der Waals surface area contributed by atoms with Gasteiger partial charge in [-0.25, -0.2) is 17.5 Å². The van der Waals surface area contributed by atoms with Gasteiger partial charge in [0, 0.05) is 29.6 Å². The Kier molecular flexibility index (Phi) is 6.94. The van der Waals surface area contributed by atoms with Crippen molar-refractivity contribution >= 4 is 39.1 Å². The number of carbonyl (C=O) groups excluding carboxylic acids is 1. The molecule has 1 heterocycles. The van der Waals surface area contributed by atoms with Crippen molar-refractivity contribution in [2.45, 2.75) is 62.0 Å². The van der Waals surface area contributed by atoms with E-state index < -0.39 is 26.8 Å². The third kappa shape index (κ3) is 6.04. The molecule has 1 N–H and O–H groups in total. The topological polar surface area (TPSA) is 75.7 Å². The van der Waals surface area contributed by atoms with Crippen LogP contribution in [0.1, 0.15) is 44.9 Å². The standard InChI is InChI=1S/C25H29Cl2FN2O4S/c26-18-10-19(27)12-21(11-18)34-20-2-1-9-30(15-20)14-17-7-8-25(28,13-23(17)16-3-4-16)24(31)29-35(32,33)22-5-6-22/h7,10-13,16,20,22H,1-6,8-9,14-15H2,(H,29,31)/t20?,25-/m1/s1. The molecule has 35 heavy (non-hydrogen) atoms. The van der Waals surface area contributed by atoms with Crippen molar-refractivity contribution in [3.8, 4) is 5.75 Å². The summed E-state index contributed by atoms with van der Waals surface area (Å²) < 4.78 is 48.2. The number of alkyl halides is 1. The van der Waals surface area contributed by atoms with Gasteiger partial charge in [-0.05, 0) is 86.4 Å². The number of sulfonamides is 1. The van der Waals surface area contributed by atoms with Gasteiger partial charge < -0.3 is 4.74 Å². The summed E-state index contributed by atoms with van der Waals surface area (Å²) in [5.74, 6) is -0.224. The van der Waals surface area contributed by atoms with Crippen LogP contribution in [0.25, 0.3) is 0 Å². The van der Waals surface area contributed by atoms with Gasteiger partial charge in [-0.1, -0.05) is 29.3 Å². The summed E-state index contributed by atoms with van der Waals surface area (Å²) >= 11 is 12.2. The fraction of sp³-hybridized carbons (Fsp3) is 0.560. The third-order valence-electron chi connectivity index (χ3n) is 6.99. The Bertz CT molecular complexity index is 1160. The Hall–Kier alpha value is -1.61. The van der Waals surface area contributed by atoms with Crippen LogP contribution in [0.5, 0.6) is 5.75 Å². The molecule has 0 spiro atoms. The number of rotatable bonds is 8. The van der Waals surface area contributed by atoms with Gasteiger partial charge in [0.25, 0.3) is 5.91 Å². The smallest absolute Gasteiger partial charge is 0.275 e. The summed E-state index contributed by atoms with van der Waals surface area (Å²) in [4.78, 5) is 14.9. The Morgan fingerprint density at radius 3 is 2.51 bits per heavy atom. The zero-order valence-electron chi connectivity index (χ0n) is 19.3. The number of nitrogens with one attached hydrogen (secondary N) is 1. The highest BCUT2D eigenvalue weighted by Crippen LogP contribution is 2.45. The van der Waals surface area contributed by atoms with E-state index in [4.69, 9.17) is 27.9 Å². The number of halogens is 3. The van der Waals surface area contributed by atoms with Gasteiger partial charge in [-0.15, -0.1) is 0 Å². The van der Waals surface area contributed by atoms with E-state index in [0.29, 0.717) is 41.7 Å². The van der Waals surface area contributed by atoms with Crippen LogP contribution in [0.4, 0.5) is 4.39 Å². The lowest BCUT2D eigenvalue weighted by molar-refractivity contribution is -0.128. The number of carbonyl (C=O) groups is 1. The van der Waals surface area contributed by atoms with Gasteiger partial charge in [0.1, 0.15) is 11.9 Å². The Balaban J connectivity index is 1.25. The molecule has 6 nitrogen and oxygen atoms in total. The van der Waals surface area contributed by atoms with Crippen LogP contribution in [-0.4, -0.2) is 55.9 Å². The van der Waals surface area contributed by atoms with Gasteiger partial charge in [0.2, 0.25) is 15.7 Å². The number of hydrogen-bond acceptors (Lipinski definition) is 5. The van der Waals surface area contributed by atoms with Crippen LogP contribution >= 0.6 is 23.2 Å². The molecule has 1 saturated heterocycles. The van der Waals surface area contributed by atoms with Gasteiger partial charge >= 0.3 is 0 Å². The molecule has 3 aliphatic carbocycles. The molecule has 1 aromatic carbocycles. The second-order valence-corrected chi connectivity index (χ2v) is 12.9. The zero-order chi connectivity index (χ0) is 24.8. The number of likely N-dealkylation sites (tertiary alicyclic amines) is 1. The monoisotopic (exact) mass is 542 g/mol. The molecule has 3 fully saturated rings. The predicted octanol–water partition coefficient (Wildman–Crippen LogP) is 4.82. The second kappa shape index (κ2) is 9.69. The van der Waals surface area contributed by atoms with Crippen LogP contribution in [0, 0.1) is 5.92 Å². The minimum absolute atomic E-state index is 0.0190. The molecule has 5 rings (SSSR count). The summed E-state index contributed by atoms with van der Waals surface area (Å²) in [6.07, 6.45) is 7.76. The molecule has 0 radical (unpaired) electrons. The molecular formula is C25H29Cl2FN2O4S. The Labute approximate surface area is 215 Å². The second-order valence-electron chi connectivity index (χ2n) is 10.1. The highest BCUT2D eigenvalue weighted by molar-refractivity contribution is 7.90. The Morgan fingerprint density at radius 2 is 1.86 bits per heavy atom. The number of piperidine rings is 1. The van der Waals surface area contributed by atoms with Gasteiger partial charge in [0.05, 0.1) is 5.25 Å². The average molecular weight is 543 g/mol. The SMILES string of the molecule is O=C(NS(=O)(=O)C1CC1)[C@]1(F)C=C(C2CC2)C(CN2CCCC(Oc3cc(Cl)cc(Cl)c3)C2)=CC1. The Morgan fingerprint density at radius 1 is 1.14 bits per heavy atom. The highest BCUT2D eigenvalue weighted by atomic mass is 35.5. The van der Waals surface area contributed by atoms with E-state index >= 15 is 4.39 Å². The van der Waals surface area contributed by atoms with E-state index in [1.807, 2.05) is 4.72 Å². The van der Waals surface area contributed by atoms with E-state index in [1.54, 1.807) is 24.3 Å². The first kappa shape index (κ1) is 25.1. The molecule has 190 valence electrons. The number of allylic oxidation sites excluding steroid dienone is 1. The van der Waals surface area contributed by atoms with Crippen molar-refractivity contribution in [1.82, 2.24) is 9.62 Å². The molecular weight excluding hydrogens is 514 g/mol. The number of benzene rings is 1. The van der Waals surface area contributed by atoms with Crippen LogP contribution in [0.3, 0.4) is 0 Å². The quantitative estimate of drug-likeness (QED) is 0.509. The zero-order valence-corrected chi connectivity index (χ0v) is 21.6. The first-order valence-corrected chi connectivity index (χ1v) is 14.4. The average Bonchev–Trinajstić information content (AvgIpc) is 3.67. The van der Waals surface area contributed by atoms with Crippen molar-refractivity contribution in [1.29, 1.82) is 0 Å². The van der Waals surface area contributed by atoms with Crippen molar-refractivity contribution in [3.05, 3.63) is 51.5 Å². The first-order chi connectivity index (χ1) is 16.6. The molecule has 1 aromatic rings. The molecule has 0 aromatic heterocycles. The summed E-state index contributed by atoms with van der Waals surface area (Å²) in [6.45, 7) is 2.24. The third-order valence-corrected chi connectivity index (χ3v) is 9.24. The lowest BCUT2D eigenvalue weighted by Crippen LogP contribution is -2.47. The summed E-state index contributed by atoms with van der Waals surface area (Å²) in [7, 11) is -3.80. The van der Waals surface area contributed by atoms with Crippen molar-refractivity contribution in [3.63, 3.8) is 0 Å². The van der Waals surface area contributed by atoms with Gasteiger partial charge in [-0.2, -0.15) is 0 Å². The number of amides is 1. The highest BCUT2D eigenvalue weighted by Gasteiger charge is 2.45. The predicted molar refractivity (Wildman–Crippen MR) is 134 cm³/mol. The summed E-state index contributed by atoms with van der Waals surface area (Å²) in [5.41, 5.74) is -0.490. The fourth-order valence-electron chi connectivity index (χ4n) is 4.83. The van der Waals surface area contributed by atoms with Crippen molar-refractivity contribution in [2.75, 3.05) is 19.6 Å². The minimum atomic E-state index is -3.80. The largest absolute Gasteiger partial charge is 0.489 e. The molecule has 1 amide bonds. The van der Waals surface area contributed by atoms with E-state index in [-0.39, 0.29) is 18.4 Å². The van der Waals surface area contributed by atoms with Crippen LogP contribution < -0.4 is 9.46 Å². The van der Waals surface area contributed by atoms with Crippen LogP contribution in [0.2, 0.25) is 10.0 Å². The molecule has 10 heteroatoms. The van der Waals surface area contributed by atoms with Crippen LogP contribution in [0.15, 0.2) is 41.5 Å². The van der Waals surface area contributed by atoms with E-state index in [0.717, 1.165) is 43.4 Å². The first-order valence-electron chi connectivity index (χ1n) is 12.1. The molecule has 2 saturated carbocycles. The maximum absolute atomic E-state index is 15.7.